The predicted molar refractivity (Wildman–Crippen MR) is 122 cm³/mol. The molecule has 31 heavy (non-hydrogen) atoms. The van der Waals surface area contributed by atoms with Gasteiger partial charge in [-0.1, -0.05) is 20.8 Å². The first kappa shape index (κ1) is 24.9. The van der Waals surface area contributed by atoms with E-state index in [1.807, 2.05) is 0 Å². The molecule has 2 aromatic heterocycles. The lowest BCUT2D eigenvalue weighted by Crippen LogP contribution is -2.56. The fraction of sp³-hybridized carbons (Fsp3) is 0.706. The second-order valence-electron chi connectivity index (χ2n) is 9.31. The second kappa shape index (κ2) is 8.21. The summed E-state index contributed by atoms with van der Waals surface area (Å²) < 4.78 is 31.1. The highest BCUT2D eigenvalue weighted by molar-refractivity contribution is 8.05. The van der Waals surface area contributed by atoms with E-state index in [9.17, 15) is 9.67 Å². The SMILES string of the molecule is CC(C)(C)[Si](C)(C)O[C@@]1(C)C(O)[C@@H](COP(=O)(Cl)Cl)O[C@H]1n1cnc2c(N)ncnc21. The summed E-state index contributed by atoms with van der Waals surface area (Å²) in [5.74, 6) is 0.222. The Morgan fingerprint density at radius 3 is 2.58 bits per heavy atom. The van der Waals surface area contributed by atoms with Gasteiger partial charge in [0.15, 0.2) is 26.0 Å². The summed E-state index contributed by atoms with van der Waals surface area (Å²) in [6.45, 7) is 11.9. The third-order valence-electron chi connectivity index (χ3n) is 6.04. The molecule has 1 saturated heterocycles. The lowest BCUT2D eigenvalue weighted by molar-refractivity contribution is -0.0855. The minimum Gasteiger partial charge on any atom is -0.404 e. The normalized spacial score (nSPS) is 27.8. The highest BCUT2D eigenvalue weighted by Crippen LogP contribution is 2.58. The third kappa shape index (κ3) is 4.79. The van der Waals surface area contributed by atoms with Crippen molar-refractivity contribution in [3.05, 3.63) is 12.7 Å². The molecule has 0 aliphatic carbocycles. The molecule has 2 aromatic rings. The minimum absolute atomic E-state index is 0.138. The highest BCUT2D eigenvalue weighted by atomic mass is 35.9. The van der Waals surface area contributed by atoms with E-state index in [-0.39, 0.29) is 17.5 Å². The number of imidazole rings is 1. The van der Waals surface area contributed by atoms with Gasteiger partial charge in [-0.2, -0.15) is 0 Å². The second-order valence-corrected chi connectivity index (χ2v) is 18.3. The number of aromatic nitrogens is 4. The summed E-state index contributed by atoms with van der Waals surface area (Å²) in [7, 11) is -2.38. The third-order valence-corrected chi connectivity index (χ3v) is 11.6. The maximum Gasteiger partial charge on any atom is 0.380 e. The smallest absolute Gasteiger partial charge is 0.380 e. The zero-order chi connectivity index (χ0) is 23.4. The fourth-order valence-electron chi connectivity index (χ4n) is 3.38. The van der Waals surface area contributed by atoms with Crippen molar-refractivity contribution in [3.8, 4) is 0 Å². The van der Waals surface area contributed by atoms with Crippen LogP contribution in [0.15, 0.2) is 12.7 Å². The predicted octanol–water partition coefficient (Wildman–Crippen LogP) is 4.05. The van der Waals surface area contributed by atoms with Gasteiger partial charge in [0.2, 0.25) is 0 Å². The fourth-order valence-corrected chi connectivity index (χ4v) is 5.66. The Morgan fingerprint density at radius 2 is 2.00 bits per heavy atom. The van der Waals surface area contributed by atoms with Gasteiger partial charge in [0.25, 0.3) is 0 Å². The summed E-state index contributed by atoms with van der Waals surface area (Å²) in [5, 5.41) is 11.1. The molecule has 0 bridgehead atoms. The zero-order valence-corrected chi connectivity index (χ0v) is 21.6. The summed E-state index contributed by atoms with van der Waals surface area (Å²) in [6, 6.07) is 0. The number of aliphatic hydroxyl groups is 1. The number of nitrogen functional groups attached to an aromatic ring is 1. The molecular weight excluding hydrogens is 484 g/mol. The molecule has 0 radical (unpaired) electrons. The summed E-state index contributed by atoms with van der Waals surface area (Å²) in [6.07, 6.45) is -3.88. The molecule has 1 aliphatic heterocycles. The number of anilines is 1. The van der Waals surface area contributed by atoms with E-state index in [2.05, 4.69) is 48.8 Å². The first-order chi connectivity index (χ1) is 14.1. The van der Waals surface area contributed by atoms with E-state index in [0.29, 0.717) is 11.2 Å². The van der Waals surface area contributed by atoms with Crippen molar-refractivity contribution in [1.82, 2.24) is 19.5 Å². The molecule has 3 heterocycles. The molecule has 0 saturated carbocycles. The molecule has 14 heteroatoms. The molecule has 1 unspecified atom stereocenters. The Labute approximate surface area is 191 Å². The van der Waals surface area contributed by atoms with Gasteiger partial charge in [-0.25, -0.2) is 15.0 Å². The van der Waals surface area contributed by atoms with Crippen LogP contribution in [0.3, 0.4) is 0 Å². The largest absolute Gasteiger partial charge is 0.404 e. The first-order valence-corrected chi connectivity index (χ1v) is 16.0. The Kier molecular flexibility index (Phi) is 6.58. The number of halogens is 2. The highest BCUT2D eigenvalue weighted by Gasteiger charge is 2.59. The first-order valence-electron chi connectivity index (χ1n) is 9.67. The number of rotatable bonds is 6. The Hall–Kier alpha value is -0.783. The average molecular weight is 512 g/mol. The molecule has 174 valence electrons. The number of hydrogen-bond acceptors (Lipinski definition) is 9. The molecule has 3 N–H and O–H groups in total. The average Bonchev–Trinajstić information content (AvgIpc) is 3.13. The van der Waals surface area contributed by atoms with Crippen LogP contribution in [0.1, 0.15) is 33.9 Å². The number of ether oxygens (including phenoxy) is 1. The lowest BCUT2D eigenvalue weighted by Gasteiger charge is -2.45. The van der Waals surface area contributed by atoms with Crippen LogP contribution in [0.5, 0.6) is 0 Å². The minimum atomic E-state index is -3.81. The van der Waals surface area contributed by atoms with Crippen LogP contribution in [0.25, 0.3) is 11.2 Å². The van der Waals surface area contributed by atoms with Crippen LogP contribution in [0.4, 0.5) is 5.82 Å². The number of nitrogens with zero attached hydrogens (tertiary/aromatic N) is 4. The Balaban J connectivity index is 2.06. The van der Waals surface area contributed by atoms with Crippen molar-refractivity contribution in [2.45, 2.75) is 69.9 Å². The van der Waals surface area contributed by atoms with Crippen LogP contribution in [-0.2, 0) is 18.3 Å². The summed E-state index contributed by atoms with van der Waals surface area (Å²) >= 11 is 11.0. The zero-order valence-electron chi connectivity index (χ0n) is 18.2. The summed E-state index contributed by atoms with van der Waals surface area (Å²) in [5.41, 5.74) is 5.54. The van der Waals surface area contributed by atoms with E-state index >= 15 is 0 Å². The number of aliphatic hydroxyl groups excluding tert-OH is 1. The van der Waals surface area contributed by atoms with Gasteiger partial charge < -0.3 is 24.5 Å². The quantitative estimate of drug-likeness (QED) is 0.434. The molecule has 1 fully saturated rings. The molecule has 1 aliphatic rings. The van der Waals surface area contributed by atoms with Crippen molar-refractivity contribution in [2.75, 3.05) is 12.3 Å². The van der Waals surface area contributed by atoms with E-state index in [4.69, 9.17) is 41.9 Å². The topological polar surface area (TPSA) is 135 Å². The van der Waals surface area contributed by atoms with Crippen molar-refractivity contribution in [2.24, 2.45) is 0 Å². The van der Waals surface area contributed by atoms with Crippen LogP contribution in [-0.4, -0.2) is 57.4 Å². The number of nitrogens with two attached hydrogens (primary N) is 1. The van der Waals surface area contributed by atoms with E-state index in [0.717, 1.165) is 0 Å². The monoisotopic (exact) mass is 511 g/mol. The van der Waals surface area contributed by atoms with E-state index in [1.165, 1.54) is 12.7 Å². The van der Waals surface area contributed by atoms with Crippen LogP contribution >= 0.6 is 28.6 Å². The molecule has 0 amide bonds. The van der Waals surface area contributed by atoms with Crippen molar-refractivity contribution >= 4 is 53.9 Å². The molecular formula is C17H28Cl2N5O5PSi. The van der Waals surface area contributed by atoms with Gasteiger partial charge in [-0.3, -0.25) is 9.13 Å². The van der Waals surface area contributed by atoms with Crippen molar-refractivity contribution in [1.29, 1.82) is 0 Å². The van der Waals surface area contributed by atoms with Gasteiger partial charge in [0.1, 0.15) is 29.7 Å². The number of fused-ring (bicyclic) bond motifs is 1. The van der Waals surface area contributed by atoms with Crippen LogP contribution in [0, 0.1) is 0 Å². The van der Waals surface area contributed by atoms with E-state index < -0.39 is 38.4 Å². The van der Waals surface area contributed by atoms with Crippen molar-refractivity contribution < 1.29 is 23.4 Å². The maximum atomic E-state index is 11.6. The maximum absolute atomic E-state index is 11.6. The van der Waals surface area contributed by atoms with Crippen LogP contribution < -0.4 is 5.73 Å². The van der Waals surface area contributed by atoms with Gasteiger partial charge in [0, 0.05) is 0 Å². The van der Waals surface area contributed by atoms with Crippen LogP contribution in [0.2, 0.25) is 18.1 Å². The molecule has 10 nitrogen and oxygen atoms in total. The van der Waals surface area contributed by atoms with Gasteiger partial charge in [-0.15, -0.1) is 0 Å². The number of hydrogen-bond donors (Lipinski definition) is 2. The van der Waals surface area contributed by atoms with Gasteiger partial charge in [-0.05, 0) is 47.5 Å². The molecule has 4 atom stereocenters. The standard InChI is InChI=1S/C17H28Cl2N5O5PSi/c1-16(2,3)31(5,6)29-17(4)12(25)10(7-27-30(18,19)26)28-15(17)24-9-23-11-13(20)21-8-22-14(11)24/h8-10,12,15,25H,7H2,1-6H3,(H2,20,21,22)/t10-,12?,15-,17+/m1/s1. The summed E-state index contributed by atoms with van der Waals surface area (Å²) in [4.78, 5) is 12.5. The van der Waals surface area contributed by atoms with Crippen molar-refractivity contribution in [3.63, 3.8) is 0 Å². The molecule has 3 rings (SSSR count). The van der Waals surface area contributed by atoms with Gasteiger partial charge >= 0.3 is 6.07 Å². The Bertz CT molecular complexity index is 1010. The molecule has 0 spiro atoms. The van der Waals surface area contributed by atoms with E-state index in [1.54, 1.807) is 11.5 Å². The molecule has 0 aromatic carbocycles. The Morgan fingerprint density at radius 1 is 1.35 bits per heavy atom. The van der Waals surface area contributed by atoms with Gasteiger partial charge in [0.05, 0.1) is 12.9 Å². The lowest BCUT2D eigenvalue weighted by atomic mass is 9.96.